The third-order valence-electron chi connectivity index (χ3n) is 4.30. The maximum absolute atomic E-state index is 10.3. The van der Waals surface area contributed by atoms with Crippen LogP contribution in [0.3, 0.4) is 0 Å². The number of hydrogen-bond acceptors (Lipinski definition) is 5. The highest BCUT2D eigenvalue weighted by atomic mass is 16.5. The number of aromatic nitrogens is 1. The second-order valence-corrected chi connectivity index (χ2v) is 5.50. The minimum absolute atomic E-state index is 0.121. The van der Waals surface area contributed by atoms with Gasteiger partial charge in [-0.15, -0.1) is 0 Å². The number of rotatable bonds is 2. The van der Waals surface area contributed by atoms with Crippen molar-refractivity contribution >= 4 is 0 Å². The monoisotopic (exact) mass is 289 g/mol. The van der Waals surface area contributed by atoms with Gasteiger partial charge >= 0.3 is 0 Å². The summed E-state index contributed by atoms with van der Waals surface area (Å²) in [5.41, 5.74) is 1.68. The summed E-state index contributed by atoms with van der Waals surface area (Å²) in [6.07, 6.45) is -3.74. The summed E-state index contributed by atoms with van der Waals surface area (Å²) in [7, 11) is 0. The van der Waals surface area contributed by atoms with Crippen LogP contribution in [0.15, 0.2) is 30.3 Å². The summed E-state index contributed by atoms with van der Waals surface area (Å²) in [5, 5.41) is 40.4. The predicted octanol–water partition coefficient (Wildman–Crippen LogP) is 0.795. The molecular formula is C15H15NO5. The fraction of sp³-hybridized carbons (Fsp3) is 0.333. The summed E-state index contributed by atoms with van der Waals surface area (Å²) in [6.45, 7) is 0.303. The third kappa shape index (κ3) is 1.58. The van der Waals surface area contributed by atoms with Gasteiger partial charge in [0.05, 0.1) is 17.7 Å². The highest BCUT2D eigenvalue weighted by molar-refractivity contribution is 5.54. The molecule has 21 heavy (non-hydrogen) atoms. The normalized spacial score (nSPS) is 29.8. The van der Waals surface area contributed by atoms with Crippen LogP contribution in [0.5, 0.6) is 11.8 Å². The van der Waals surface area contributed by atoms with E-state index in [2.05, 4.69) is 0 Å². The maximum atomic E-state index is 10.3. The molecule has 4 atom stereocenters. The summed E-state index contributed by atoms with van der Waals surface area (Å²) in [6, 6.07) is 9.42. The van der Waals surface area contributed by atoms with Crippen molar-refractivity contribution in [2.24, 2.45) is 0 Å². The Morgan fingerprint density at radius 3 is 1.95 bits per heavy atom. The second kappa shape index (κ2) is 4.24. The molecule has 4 N–H and O–H groups in total. The van der Waals surface area contributed by atoms with E-state index in [9.17, 15) is 20.4 Å². The van der Waals surface area contributed by atoms with Crippen molar-refractivity contribution in [3.05, 3.63) is 47.0 Å². The molecule has 2 bridgehead atoms. The lowest BCUT2D eigenvalue weighted by atomic mass is 9.90. The first-order valence-electron chi connectivity index (χ1n) is 6.79. The van der Waals surface area contributed by atoms with Crippen LogP contribution in [0, 0.1) is 0 Å². The number of fused-ring (bicyclic) bond motifs is 5. The molecule has 2 aromatic rings. The fourth-order valence-corrected chi connectivity index (χ4v) is 3.26. The molecule has 3 heterocycles. The zero-order valence-corrected chi connectivity index (χ0v) is 11.0. The van der Waals surface area contributed by atoms with E-state index in [-0.39, 0.29) is 11.8 Å². The van der Waals surface area contributed by atoms with Gasteiger partial charge in [0.15, 0.2) is 0 Å². The molecule has 4 rings (SSSR count). The number of aliphatic hydroxyl groups is 2. The number of aliphatic hydroxyl groups excluding tert-OH is 2. The van der Waals surface area contributed by atoms with Crippen LogP contribution >= 0.6 is 0 Å². The van der Waals surface area contributed by atoms with Crippen molar-refractivity contribution in [1.82, 2.24) is 4.57 Å². The Labute approximate surface area is 120 Å². The van der Waals surface area contributed by atoms with Gasteiger partial charge in [0.2, 0.25) is 11.8 Å². The first kappa shape index (κ1) is 12.7. The number of hydrogen-bond donors (Lipinski definition) is 4. The van der Waals surface area contributed by atoms with Crippen LogP contribution in [0.1, 0.15) is 28.9 Å². The largest absolute Gasteiger partial charge is 0.494 e. The van der Waals surface area contributed by atoms with Gasteiger partial charge in [0.1, 0.15) is 24.4 Å². The van der Waals surface area contributed by atoms with Crippen LogP contribution in [-0.4, -0.2) is 37.2 Å². The molecule has 2 aliphatic heterocycles. The van der Waals surface area contributed by atoms with Gasteiger partial charge < -0.3 is 25.2 Å². The van der Waals surface area contributed by atoms with E-state index in [1.54, 1.807) is 0 Å². The summed E-state index contributed by atoms with van der Waals surface area (Å²) < 4.78 is 6.81. The Hall–Kier alpha value is -2.02. The average molecular weight is 289 g/mol. The SMILES string of the molecule is Oc1c2c(c(O)n1Cc1ccccc1)C1OC2C(O)C1O. The molecular weight excluding hydrogens is 274 g/mol. The molecule has 0 saturated carbocycles. The summed E-state index contributed by atoms with van der Waals surface area (Å²) in [5.74, 6) is -0.241. The average Bonchev–Trinajstić information content (AvgIpc) is 3.09. The van der Waals surface area contributed by atoms with Gasteiger partial charge in [-0.05, 0) is 5.56 Å². The van der Waals surface area contributed by atoms with Gasteiger partial charge in [0, 0.05) is 0 Å². The van der Waals surface area contributed by atoms with Gasteiger partial charge in [0.25, 0.3) is 0 Å². The standard InChI is InChI=1S/C15H15NO5/c17-10-11(18)13-9-8(12(10)21-13)14(19)16(15(9)20)6-7-4-2-1-3-5-7/h1-5,10-13,17-20H,6H2. The third-order valence-corrected chi connectivity index (χ3v) is 4.30. The molecule has 1 fully saturated rings. The van der Waals surface area contributed by atoms with Crippen molar-refractivity contribution in [2.75, 3.05) is 0 Å². The first-order chi connectivity index (χ1) is 10.1. The predicted molar refractivity (Wildman–Crippen MR) is 71.9 cm³/mol. The molecule has 110 valence electrons. The lowest BCUT2D eigenvalue weighted by Gasteiger charge is -2.18. The van der Waals surface area contributed by atoms with Crippen molar-refractivity contribution in [3.8, 4) is 11.8 Å². The second-order valence-electron chi connectivity index (χ2n) is 5.50. The molecule has 6 heteroatoms. The minimum Gasteiger partial charge on any atom is -0.494 e. The number of nitrogens with zero attached hydrogens (tertiary/aromatic N) is 1. The smallest absolute Gasteiger partial charge is 0.200 e. The molecule has 1 saturated heterocycles. The molecule has 0 aliphatic carbocycles. The zero-order chi connectivity index (χ0) is 14.7. The van der Waals surface area contributed by atoms with E-state index in [1.807, 2.05) is 30.3 Å². The van der Waals surface area contributed by atoms with Crippen molar-refractivity contribution in [2.45, 2.75) is 31.0 Å². The number of ether oxygens (including phenoxy) is 1. The number of aromatic hydroxyl groups is 2. The van der Waals surface area contributed by atoms with Crippen LogP contribution in [0.4, 0.5) is 0 Å². The molecule has 0 amide bonds. The Morgan fingerprint density at radius 1 is 0.905 bits per heavy atom. The van der Waals surface area contributed by atoms with Crippen LogP contribution in [0.25, 0.3) is 0 Å². The molecule has 0 spiro atoms. The Balaban J connectivity index is 1.79. The Kier molecular flexibility index (Phi) is 2.56. The van der Waals surface area contributed by atoms with Gasteiger partial charge in [-0.1, -0.05) is 30.3 Å². The highest BCUT2D eigenvalue weighted by Gasteiger charge is 2.55. The van der Waals surface area contributed by atoms with Crippen molar-refractivity contribution in [3.63, 3.8) is 0 Å². The van der Waals surface area contributed by atoms with E-state index >= 15 is 0 Å². The van der Waals surface area contributed by atoms with Gasteiger partial charge in [-0.25, -0.2) is 0 Å². The van der Waals surface area contributed by atoms with E-state index in [4.69, 9.17) is 4.74 Å². The lowest BCUT2D eigenvalue weighted by Crippen LogP contribution is -2.30. The minimum atomic E-state index is -1.08. The Bertz CT molecular complexity index is 658. The molecule has 6 nitrogen and oxygen atoms in total. The van der Waals surface area contributed by atoms with E-state index in [0.717, 1.165) is 5.56 Å². The molecule has 4 unspecified atom stereocenters. The molecule has 0 radical (unpaired) electrons. The van der Waals surface area contributed by atoms with Gasteiger partial charge in [-0.2, -0.15) is 0 Å². The van der Waals surface area contributed by atoms with E-state index in [0.29, 0.717) is 17.7 Å². The summed E-state index contributed by atoms with van der Waals surface area (Å²) in [4.78, 5) is 0. The Morgan fingerprint density at radius 2 is 1.43 bits per heavy atom. The number of benzene rings is 1. The van der Waals surface area contributed by atoms with Crippen molar-refractivity contribution in [1.29, 1.82) is 0 Å². The summed E-state index contributed by atoms with van der Waals surface area (Å²) >= 11 is 0. The fourth-order valence-electron chi connectivity index (χ4n) is 3.26. The maximum Gasteiger partial charge on any atom is 0.200 e. The van der Waals surface area contributed by atoms with Crippen molar-refractivity contribution < 1.29 is 25.2 Å². The quantitative estimate of drug-likeness (QED) is 0.656. The molecule has 1 aromatic heterocycles. The topological polar surface area (TPSA) is 95.1 Å². The van der Waals surface area contributed by atoms with E-state index < -0.39 is 24.4 Å². The van der Waals surface area contributed by atoms with Crippen LogP contribution < -0.4 is 0 Å². The van der Waals surface area contributed by atoms with Gasteiger partial charge in [-0.3, -0.25) is 4.57 Å². The highest BCUT2D eigenvalue weighted by Crippen LogP contribution is 2.58. The molecule has 1 aromatic carbocycles. The lowest BCUT2D eigenvalue weighted by molar-refractivity contribution is 0.0211. The zero-order valence-electron chi connectivity index (χ0n) is 11.0. The van der Waals surface area contributed by atoms with Crippen LogP contribution in [-0.2, 0) is 11.3 Å². The van der Waals surface area contributed by atoms with E-state index in [1.165, 1.54) is 4.57 Å². The molecule has 2 aliphatic rings. The first-order valence-corrected chi connectivity index (χ1v) is 6.79. The van der Waals surface area contributed by atoms with Crippen LogP contribution in [0.2, 0.25) is 0 Å².